The third-order valence-electron chi connectivity index (χ3n) is 2.84. The molecule has 0 amide bonds. The quantitative estimate of drug-likeness (QED) is 0.875. The summed E-state index contributed by atoms with van der Waals surface area (Å²) >= 11 is 3.21. The van der Waals surface area contributed by atoms with E-state index >= 15 is 0 Å². The average Bonchev–Trinajstić information content (AvgIpc) is 2.63. The molecule has 0 aliphatic carbocycles. The minimum atomic E-state index is -0.838. The highest BCUT2D eigenvalue weighted by atomic mass is 79.9. The van der Waals surface area contributed by atoms with Crippen LogP contribution in [0.1, 0.15) is 11.5 Å². The van der Waals surface area contributed by atoms with E-state index in [0.29, 0.717) is 17.6 Å². The largest absolute Gasteiger partial charge is 0.481 e. The summed E-state index contributed by atoms with van der Waals surface area (Å²) in [4.78, 5) is 11.0. The fourth-order valence-electron chi connectivity index (χ4n) is 2.08. The van der Waals surface area contributed by atoms with Crippen molar-refractivity contribution in [3.63, 3.8) is 0 Å². The summed E-state index contributed by atoms with van der Waals surface area (Å²) in [7, 11) is 0. The summed E-state index contributed by atoms with van der Waals surface area (Å²) < 4.78 is 13.8. The molecule has 0 aromatic heterocycles. The lowest BCUT2D eigenvalue weighted by Gasteiger charge is -2.15. The summed E-state index contributed by atoms with van der Waals surface area (Å²) in [5.74, 6) is -1.83. The molecular weight excluding hydrogens is 277 g/mol. The van der Waals surface area contributed by atoms with Gasteiger partial charge in [-0.3, -0.25) is 4.79 Å². The molecule has 1 aliphatic heterocycles. The van der Waals surface area contributed by atoms with E-state index in [2.05, 4.69) is 21.2 Å². The summed E-state index contributed by atoms with van der Waals surface area (Å²) in [5.41, 5.74) is 0.726. The van der Waals surface area contributed by atoms with E-state index in [4.69, 9.17) is 5.11 Å². The van der Waals surface area contributed by atoms with Gasteiger partial charge in [0.15, 0.2) is 0 Å². The molecule has 1 heterocycles. The molecule has 2 rings (SSSR count). The van der Waals surface area contributed by atoms with Crippen LogP contribution in [-0.4, -0.2) is 24.2 Å². The smallest absolute Gasteiger partial charge is 0.308 e. The number of hydrogen-bond donors (Lipinski definition) is 2. The van der Waals surface area contributed by atoms with Gasteiger partial charge in [-0.2, -0.15) is 0 Å². The number of halogens is 2. The number of carboxylic acid groups (broad SMARTS) is 1. The minimum Gasteiger partial charge on any atom is -0.481 e. The number of aliphatic carboxylic acids is 1. The lowest BCUT2D eigenvalue weighted by atomic mass is 9.89. The monoisotopic (exact) mass is 287 g/mol. The van der Waals surface area contributed by atoms with Crippen LogP contribution < -0.4 is 5.32 Å². The van der Waals surface area contributed by atoms with Gasteiger partial charge < -0.3 is 10.4 Å². The Bertz CT molecular complexity index is 404. The lowest BCUT2D eigenvalue weighted by Crippen LogP contribution is -2.21. The Balaban J connectivity index is 2.32. The standard InChI is InChI=1S/C11H11BrFNO2/c12-7-1-6(2-8(13)3-7)9-4-14-5-10(9)11(15)16/h1-3,9-10,14H,4-5H2,(H,15,16). The van der Waals surface area contributed by atoms with Crippen molar-refractivity contribution in [2.75, 3.05) is 13.1 Å². The maximum absolute atomic E-state index is 13.2. The predicted molar refractivity (Wildman–Crippen MR) is 60.8 cm³/mol. The van der Waals surface area contributed by atoms with Crippen LogP contribution in [0.2, 0.25) is 0 Å². The minimum absolute atomic E-state index is 0.163. The first kappa shape index (κ1) is 11.5. The zero-order chi connectivity index (χ0) is 11.7. The van der Waals surface area contributed by atoms with Gasteiger partial charge in [-0.05, 0) is 23.8 Å². The lowest BCUT2D eigenvalue weighted by molar-refractivity contribution is -0.141. The molecule has 1 saturated heterocycles. The van der Waals surface area contributed by atoms with Crippen molar-refractivity contribution in [1.29, 1.82) is 0 Å². The van der Waals surface area contributed by atoms with Gasteiger partial charge in [0.25, 0.3) is 0 Å². The molecule has 16 heavy (non-hydrogen) atoms. The summed E-state index contributed by atoms with van der Waals surface area (Å²) in [5, 5.41) is 12.1. The first-order chi connectivity index (χ1) is 7.58. The number of carbonyl (C=O) groups is 1. The number of hydrogen-bond acceptors (Lipinski definition) is 2. The topological polar surface area (TPSA) is 49.3 Å². The van der Waals surface area contributed by atoms with Crippen LogP contribution in [0.5, 0.6) is 0 Å². The Morgan fingerprint density at radius 1 is 1.44 bits per heavy atom. The molecule has 5 heteroatoms. The van der Waals surface area contributed by atoms with Crippen LogP contribution >= 0.6 is 15.9 Å². The Hall–Kier alpha value is -0.940. The Morgan fingerprint density at radius 2 is 2.19 bits per heavy atom. The van der Waals surface area contributed by atoms with E-state index < -0.39 is 11.9 Å². The van der Waals surface area contributed by atoms with Gasteiger partial charge >= 0.3 is 5.97 Å². The van der Waals surface area contributed by atoms with Gasteiger partial charge in [0, 0.05) is 23.5 Å². The Labute approximate surface area is 101 Å². The summed E-state index contributed by atoms with van der Waals surface area (Å²) in [6.07, 6.45) is 0. The van der Waals surface area contributed by atoms with E-state index in [1.54, 1.807) is 6.07 Å². The van der Waals surface area contributed by atoms with Crippen LogP contribution in [-0.2, 0) is 4.79 Å². The molecule has 0 spiro atoms. The molecule has 0 bridgehead atoms. The molecular formula is C11H11BrFNO2. The van der Waals surface area contributed by atoms with Gasteiger partial charge in [-0.25, -0.2) is 4.39 Å². The highest BCUT2D eigenvalue weighted by Crippen LogP contribution is 2.30. The SMILES string of the molecule is O=C(O)C1CNCC1c1cc(F)cc(Br)c1. The predicted octanol–water partition coefficient (Wildman–Crippen LogP) is 1.98. The highest BCUT2D eigenvalue weighted by Gasteiger charge is 2.34. The number of rotatable bonds is 2. The molecule has 3 nitrogen and oxygen atoms in total. The van der Waals surface area contributed by atoms with Crippen molar-refractivity contribution < 1.29 is 14.3 Å². The maximum atomic E-state index is 13.2. The number of benzene rings is 1. The van der Waals surface area contributed by atoms with Crippen molar-refractivity contribution in [2.45, 2.75) is 5.92 Å². The van der Waals surface area contributed by atoms with Crippen LogP contribution in [0.3, 0.4) is 0 Å². The molecule has 2 atom stereocenters. The molecule has 0 saturated carbocycles. The zero-order valence-corrected chi connectivity index (χ0v) is 10.00. The molecule has 1 fully saturated rings. The normalized spacial score (nSPS) is 24.6. The fourth-order valence-corrected chi connectivity index (χ4v) is 2.56. The number of carboxylic acids is 1. The number of nitrogens with one attached hydrogen (secondary N) is 1. The average molecular weight is 288 g/mol. The summed E-state index contributed by atoms with van der Waals surface area (Å²) in [6, 6.07) is 4.54. The van der Waals surface area contributed by atoms with Gasteiger partial charge in [-0.1, -0.05) is 15.9 Å². The first-order valence-corrected chi connectivity index (χ1v) is 5.77. The molecule has 2 N–H and O–H groups in total. The van der Waals surface area contributed by atoms with Gasteiger partial charge in [0.05, 0.1) is 5.92 Å². The van der Waals surface area contributed by atoms with Crippen LogP contribution in [0.25, 0.3) is 0 Å². The first-order valence-electron chi connectivity index (χ1n) is 4.97. The van der Waals surface area contributed by atoms with E-state index in [-0.39, 0.29) is 11.7 Å². The second-order valence-corrected chi connectivity index (χ2v) is 4.83. The third-order valence-corrected chi connectivity index (χ3v) is 3.30. The van der Waals surface area contributed by atoms with Crippen LogP contribution in [0.15, 0.2) is 22.7 Å². The molecule has 1 aromatic carbocycles. The molecule has 86 valence electrons. The Morgan fingerprint density at radius 3 is 2.81 bits per heavy atom. The Kier molecular flexibility index (Phi) is 3.25. The van der Waals surface area contributed by atoms with Crippen molar-refractivity contribution in [3.8, 4) is 0 Å². The van der Waals surface area contributed by atoms with Gasteiger partial charge in [0.1, 0.15) is 5.82 Å². The maximum Gasteiger partial charge on any atom is 0.308 e. The van der Waals surface area contributed by atoms with Crippen LogP contribution in [0.4, 0.5) is 4.39 Å². The molecule has 1 aromatic rings. The molecule has 1 aliphatic rings. The third kappa shape index (κ3) is 2.25. The second kappa shape index (κ2) is 4.51. The van der Waals surface area contributed by atoms with Crippen molar-refractivity contribution >= 4 is 21.9 Å². The van der Waals surface area contributed by atoms with E-state index in [1.807, 2.05) is 0 Å². The second-order valence-electron chi connectivity index (χ2n) is 3.91. The summed E-state index contributed by atoms with van der Waals surface area (Å²) in [6.45, 7) is 1.01. The van der Waals surface area contributed by atoms with Crippen LogP contribution in [0, 0.1) is 11.7 Å². The van der Waals surface area contributed by atoms with Crippen molar-refractivity contribution in [1.82, 2.24) is 5.32 Å². The van der Waals surface area contributed by atoms with Crippen molar-refractivity contribution in [3.05, 3.63) is 34.1 Å². The van der Waals surface area contributed by atoms with Gasteiger partial charge in [-0.15, -0.1) is 0 Å². The van der Waals surface area contributed by atoms with Gasteiger partial charge in [0.2, 0.25) is 0 Å². The fraction of sp³-hybridized carbons (Fsp3) is 0.364. The molecule has 2 unspecified atom stereocenters. The van der Waals surface area contributed by atoms with E-state index in [1.165, 1.54) is 12.1 Å². The van der Waals surface area contributed by atoms with Crippen molar-refractivity contribution in [2.24, 2.45) is 5.92 Å². The molecule has 0 radical (unpaired) electrons. The van der Waals surface area contributed by atoms with E-state index in [9.17, 15) is 9.18 Å². The zero-order valence-electron chi connectivity index (χ0n) is 8.41. The highest BCUT2D eigenvalue weighted by molar-refractivity contribution is 9.10. The van der Waals surface area contributed by atoms with E-state index in [0.717, 1.165) is 5.56 Å².